The van der Waals surface area contributed by atoms with Crippen LogP contribution < -0.4 is 5.32 Å². The van der Waals surface area contributed by atoms with Crippen LogP contribution in [0.15, 0.2) is 12.1 Å². The number of aliphatic hydroxyl groups excluding tert-OH is 1. The number of aliphatic hydroxyl groups is 1. The molecule has 7 heteroatoms. The number of aromatic carboxylic acids is 1. The van der Waals surface area contributed by atoms with E-state index in [-0.39, 0.29) is 0 Å². The highest BCUT2D eigenvalue weighted by Crippen LogP contribution is 2.17. The Morgan fingerprint density at radius 2 is 1.65 bits per heavy atom. The van der Waals surface area contributed by atoms with Gasteiger partial charge in [0.1, 0.15) is 0 Å². The van der Waals surface area contributed by atoms with Crippen molar-refractivity contribution in [1.29, 1.82) is 0 Å². The molecule has 3 N–H and O–H groups in total. The zero-order valence-corrected chi connectivity index (χ0v) is 11.2. The first-order chi connectivity index (χ1) is 9.06. The van der Waals surface area contributed by atoms with E-state index < -0.39 is 46.3 Å². The number of carbonyl (C=O) groups excluding carboxylic acids is 1. The van der Waals surface area contributed by atoms with E-state index in [0.29, 0.717) is 12.1 Å². The molecule has 1 rings (SSSR count). The summed E-state index contributed by atoms with van der Waals surface area (Å²) in [5.74, 6) is -5.14. The lowest BCUT2D eigenvalue weighted by Crippen LogP contribution is -2.51. The maximum absolute atomic E-state index is 13.2. The lowest BCUT2D eigenvalue weighted by molar-refractivity contribution is 0.0668. The molecule has 0 saturated heterocycles. The minimum absolute atomic E-state index is 0.446. The van der Waals surface area contributed by atoms with Crippen LogP contribution in [0.5, 0.6) is 0 Å². The molecule has 0 spiro atoms. The molecule has 1 aromatic rings. The quantitative estimate of drug-likeness (QED) is 0.784. The lowest BCUT2D eigenvalue weighted by Gasteiger charge is -2.29. The van der Waals surface area contributed by atoms with Crippen LogP contribution in [0.1, 0.15) is 41.5 Å². The molecule has 0 bridgehead atoms. The van der Waals surface area contributed by atoms with Crippen molar-refractivity contribution in [2.75, 3.05) is 0 Å². The molecule has 0 aliphatic carbocycles. The third-order valence-corrected chi connectivity index (χ3v) is 3.02. The monoisotopic (exact) mass is 287 g/mol. The summed E-state index contributed by atoms with van der Waals surface area (Å²) in [4.78, 5) is 22.9. The first-order valence-electron chi connectivity index (χ1n) is 5.79. The van der Waals surface area contributed by atoms with Gasteiger partial charge in [-0.3, -0.25) is 4.79 Å². The van der Waals surface area contributed by atoms with Crippen molar-refractivity contribution in [3.05, 3.63) is 34.9 Å². The predicted molar refractivity (Wildman–Crippen MR) is 66.5 cm³/mol. The molecule has 0 aliphatic heterocycles. The van der Waals surface area contributed by atoms with Gasteiger partial charge in [0.25, 0.3) is 5.91 Å². The summed E-state index contributed by atoms with van der Waals surface area (Å²) in [6.45, 7) is 4.45. The first-order valence-corrected chi connectivity index (χ1v) is 5.79. The van der Waals surface area contributed by atoms with E-state index in [1.807, 2.05) is 0 Å². The van der Waals surface area contributed by atoms with E-state index in [1.165, 1.54) is 20.8 Å². The fourth-order valence-electron chi connectivity index (χ4n) is 1.38. The zero-order chi connectivity index (χ0) is 15.7. The summed E-state index contributed by atoms with van der Waals surface area (Å²) in [7, 11) is 0. The molecule has 1 unspecified atom stereocenters. The van der Waals surface area contributed by atoms with Crippen LogP contribution >= 0.6 is 0 Å². The SMILES string of the molecule is CC(O)C(C)(C)NC(=O)c1cc(F)c(F)cc1C(=O)O. The van der Waals surface area contributed by atoms with E-state index in [1.54, 1.807) is 0 Å². The van der Waals surface area contributed by atoms with Crippen LogP contribution in [0.2, 0.25) is 0 Å². The van der Waals surface area contributed by atoms with Crippen molar-refractivity contribution in [2.24, 2.45) is 0 Å². The van der Waals surface area contributed by atoms with Gasteiger partial charge in [-0.15, -0.1) is 0 Å². The van der Waals surface area contributed by atoms with Gasteiger partial charge in [-0.25, -0.2) is 13.6 Å². The summed E-state index contributed by atoms with van der Waals surface area (Å²) in [5.41, 5.74) is -2.22. The highest BCUT2D eigenvalue weighted by atomic mass is 19.2. The van der Waals surface area contributed by atoms with Gasteiger partial charge in [-0.05, 0) is 32.9 Å². The molecule has 1 atom stereocenters. The third-order valence-electron chi connectivity index (χ3n) is 3.02. The van der Waals surface area contributed by atoms with Gasteiger partial charge in [-0.1, -0.05) is 0 Å². The number of nitrogens with one attached hydrogen (secondary N) is 1. The molecule has 20 heavy (non-hydrogen) atoms. The van der Waals surface area contributed by atoms with Gasteiger partial charge >= 0.3 is 5.97 Å². The number of rotatable bonds is 4. The van der Waals surface area contributed by atoms with Crippen molar-refractivity contribution in [3.8, 4) is 0 Å². The Labute approximate surface area is 114 Å². The molecule has 0 saturated carbocycles. The second kappa shape index (κ2) is 5.54. The third kappa shape index (κ3) is 3.30. The van der Waals surface area contributed by atoms with E-state index in [4.69, 9.17) is 5.11 Å². The number of hydrogen-bond donors (Lipinski definition) is 3. The number of carbonyl (C=O) groups is 2. The molecule has 0 radical (unpaired) electrons. The maximum atomic E-state index is 13.2. The second-order valence-corrected chi connectivity index (χ2v) is 4.97. The van der Waals surface area contributed by atoms with Crippen LogP contribution in [0.4, 0.5) is 8.78 Å². The second-order valence-electron chi connectivity index (χ2n) is 4.97. The van der Waals surface area contributed by atoms with Gasteiger partial charge in [0.05, 0.1) is 22.8 Å². The Bertz CT molecular complexity index is 556. The molecule has 110 valence electrons. The Hall–Kier alpha value is -2.02. The van der Waals surface area contributed by atoms with Gasteiger partial charge in [0.15, 0.2) is 11.6 Å². The van der Waals surface area contributed by atoms with E-state index >= 15 is 0 Å². The molecule has 1 amide bonds. The van der Waals surface area contributed by atoms with Gasteiger partial charge in [0, 0.05) is 0 Å². The minimum Gasteiger partial charge on any atom is -0.478 e. The summed E-state index contributed by atoms with van der Waals surface area (Å²) in [6.07, 6.45) is -0.926. The van der Waals surface area contributed by atoms with Gasteiger partial charge in [0.2, 0.25) is 0 Å². The maximum Gasteiger partial charge on any atom is 0.336 e. The normalized spacial score (nSPS) is 12.9. The zero-order valence-electron chi connectivity index (χ0n) is 11.2. The molecule has 1 aromatic carbocycles. The topological polar surface area (TPSA) is 86.6 Å². The van der Waals surface area contributed by atoms with Crippen molar-refractivity contribution < 1.29 is 28.6 Å². The number of carboxylic acids is 1. The molecule has 0 heterocycles. The lowest BCUT2D eigenvalue weighted by atomic mass is 9.97. The molecule has 5 nitrogen and oxygen atoms in total. The van der Waals surface area contributed by atoms with Crippen LogP contribution in [0.25, 0.3) is 0 Å². The summed E-state index contributed by atoms with van der Waals surface area (Å²) in [5, 5.41) is 20.8. The van der Waals surface area contributed by atoms with Crippen molar-refractivity contribution in [1.82, 2.24) is 5.32 Å². The Balaban J connectivity index is 3.22. The minimum atomic E-state index is -1.55. The molecular formula is C13H15F2NO4. The Kier molecular flexibility index (Phi) is 4.44. The summed E-state index contributed by atoms with van der Waals surface area (Å²) in [6, 6.07) is 0.966. The summed E-state index contributed by atoms with van der Waals surface area (Å²) >= 11 is 0. The van der Waals surface area contributed by atoms with E-state index in [9.17, 15) is 23.5 Å². The van der Waals surface area contributed by atoms with Gasteiger partial charge in [-0.2, -0.15) is 0 Å². The van der Waals surface area contributed by atoms with E-state index in [0.717, 1.165) is 0 Å². The van der Waals surface area contributed by atoms with Crippen molar-refractivity contribution in [3.63, 3.8) is 0 Å². The highest BCUT2D eigenvalue weighted by molar-refractivity contribution is 6.05. The fourth-order valence-corrected chi connectivity index (χ4v) is 1.38. The molecular weight excluding hydrogens is 272 g/mol. The Morgan fingerprint density at radius 3 is 2.05 bits per heavy atom. The molecule has 0 aliphatic rings. The number of amides is 1. The van der Waals surface area contributed by atoms with Crippen LogP contribution in [-0.4, -0.2) is 33.7 Å². The van der Waals surface area contributed by atoms with E-state index in [2.05, 4.69) is 5.32 Å². The van der Waals surface area contributed by atoms with Crippen LogP contribution in [0.3, 0.4) is 0 Å². The standard InChI is InChI=1S/C13H15F2NO4/c1-6(17)13(2,3)16-11(18)7-4-9(14)10(15)5-8(7)12(19)20/h4-6,17H,1-3H3,(H,16,18)(H,19,20). The molecule has 0 fully saturated rings. The van der Waals surface area contributed by atoms with Crippen molar-refractivity contribution in [2.45, 2.75) is 32.4 Å². The number of hydrogen-bond acceptors (Lipinski definition) is 3. The van der Waals surface area contributed by atoms with Gasteiger partial charge < -0.3 is 15.5 Å². The largest absolute Gasteiger partial charge is 0.478 e. The number of benzene rings is 1. The predicted octanol–water partition coefficient (Wildman–Crippen LogP) is 1.55. The van der Waals surface area contributed by atoms with Crippen LogP contribution in [0, 0.1) is 11.6 Å². The Morgan fingerprint density at radius 1 is 1.20 bits per heavy atom. The summed E-state index contributed by atoms with van der Waals surface area (Å²) < 4.78 is 26.2. The number of halogens is 2. The highest BCUT2D eigenvalue weighted by Gasteiger charge is 2.29. The van der Waals surface area contributed by atoms with Crippen LogP contribution in [-0.2, 0) is 0 Å². The number of carboxylic acid groups (broad SMARTS) is 1. The molecule has 0 aromatic heterocycles. The average Bonchev–Trinajstić information content (AvgIpc) is 2.30. The first kappa shape index (κ1) is 16.0. The smallest absolute Gasteiger partial charge is 0.336 e. The fraction of sp³-hybridized carbons (Fsp3) is 0.385. The average molecular weight is 287 g/mol. The van der Waals surface area contributed by atoms with Crippen molar-refractivity contribution >= 4 is 11.9 Å².